The van der Waals surface area contributed by atoms with Gasteiger partial charge in [0, 0.05) is 21.5 Å². The minimum atomic E-state index is -0.0503. The lowest BCUT2D eigenvalue weighted by atomic mass is 10.2. The third-order valence-electron chi connectivity index (χ3n) is 3.54. The van der Waals surface area contributed by atoms with Gasteiger partial charge in [-0.2, -0.15) is 0 Å². The molecule has 0 fully saturated rings. The summed E-state index contributed by atoms with van der Waals surface area (Å²) in [7, 11) is 0. The summed E-state index contributed by atoms with van der Waals surface area (Å²) in [6, 6.07) is 9.83. The second kappa shape index (κ2) is 5.62. The number of hydrogen-bond donors (Lipinski definition) is 1. The average Bonchev–Trinajstić information content (AvgIpc) is 2.93. The van der Waals surface area contributed by atoms with Crippen LogP contribution in [0.2, 0.25) is 5.15 Å². The Balaban J connectivity index is 2.13. The minimum absolute atomic E-state index is 0.0503. The van der Waals surface area contributed by atoms with E-state index in [0.29, 0.717) is 10.0 Å². The van der Waals surface area contributed by atoms with Crippen LogP contribution in [0.5, 0.6) is 0 Å². The molecular weight excluding hydrogens is 304 g/mol. The van der Waals surface area contributed by atoms with Gasteiger partial charge in [0.1, 0.15) is 5.15 Å². The fraction of sp³-hybridized carbons (Fsp3) is 0.250. The van der Waals surface area contributed by atoms with Crippen LogP contribution < -0.4 is 5.32 Å². The van der Waals surface area contributed by atoms with Crippen molar-refractivity contribution < 1.29 is 4.79 Å². The monoisotopic (exact) mass is 318 g/mol. The van der Waals surface area contributed by atoms with E-state index in [1.54, 1.807) is 0 Å². The van der Waals surface area contributed by atoms with Gasteiger partial charge >= 0.3 is 0 Å². The first-order valence-electron chi connectivity index (χ1n) is 6.88. The van der Waals surface area contributed by atoms with Gasteiger partial charge in [-0.15, -0.1) is 11.3 Å². The van der Waals surface area contributed by atoms with Crippen LogP contribution in [0.4, 0.5) is 0 Å². The highest BCUT2D eigenvalue weighted by molar-refractivity contribution is 7.21. The Morgan fingerprint density at radius 1 is 1.38 bits per heavy atom. The maximum absolute atomic E-state index is 12.3. The van der Waals surface area contributed by atoms with Gasteiger partial charge in [0.25, 0.3) is 5.91 Å². The molecule has 1 atom stereocenters. The number of para-hydroxylation sites is 1. The number of nitrogens with one attached hydrogen (secondary N) is 1. The van der Waals surface area contributed by atoms with E-state index in [2.05, 4.69) is 10.3 Å². The zero-order valence-corrected chi connectivity index (χ0v) is 13.4. The van der Waals surface area contributed by atoms with Gasteiger partial charge < -0.3 is 5.32 Å². The van der Waals surface area contributed by atoms with Crippen molar-refractivity contribution in [1.29, 1.82) is 0 Å². The molecular formula is C16H15ClN2OS. The Kier molecular flexibility index (Phi) is 3.83. The van der Waals surface area contributed by atoms with E-state index in [1.807, 2.05) is 44.2 Å². The lowest BCUT2D eigenvalue weighted by molar-refractivity contribution is 0.0943. The van der Waals surface area contributed by atoms with Gasteiger partial charge in [0.2, 0.25) is 0 Å². The van der Waals surface area contributed by atoms with E-state index in [1.165, 1.54) is 11.3 Å². The topological polar surface area (TPSA) is 42.0 Å². The van der Waals surface area contributed by atoms with Crippen LogP contribution in [-0.2, 0) is 0 Å². The van der Waals surface area contributed by atoms with Gasteiger partial charge in [-0.25, -0.2) is 4.98 Å². The number of benzene rings is 1. The molecule has 0 unspecified atom stereocenters. The summed E-state index contributed by atoms with van der Waals surface area (Å²) in [6.07, 6.45) is 0.905. The molecule has 3 rings (SSSR count). The number of nitrogens with zero attached hydrogens (tertiary/aromatic N) is 1. The first-order valence-corrected chi connectivity index (χ1v) is 8.08. The van der Waals surface area contributed by atoms with Crippen molar-refractivity contribution in [3.63, 3.8) is 0 Å². The standard InChI is InChI=1S/C16H15ClN2OS/c1-3-9(2)18-16(20)13-8-11-14(21-13)10-6-4-5-7-12(10)19-15(11)17/h4-9H,3H2,1-2H3,(H,18,20)/t9-/m1/s1. The Bertz CT molecular complexity index is 828. The molecule has 5 heteroatoms. The maximum Gasteiger partial charge on any atom is 0.261 e. The smallest absolute Gasteiger partial charge is 0.261 e. The lowest BCUT2D eigenvalue weighted by Crippen LogP contribution is -2.31. The highest BCUT2D eigenvalue weighted by atomic mass is 35.5. The molecule has 1 amide bonds. The van der Waals surface area contributed by atoms with E-state index in [-0.39, 0.29) is 11.9 Å². The van der Waals surface area contributed by atoms with E-state index in [4.69, 9.17) is 11.6 Å². The molecule has 1 aromatic carbocycles. The molecule has 0 aliphatic carbocycles. The SMILES string of the molecule is CC[C@@H](C)NC(=O)c1cc2c(Cl)nc3ccccc3c2s1. The van der Waals surface area contributed by atoms with Crippen molar-refractivity contribution in [2.24, 2.45) is 0 Å². The van der Waals surface area contributed by atoms with Crippen LogP contribution in [0.1, 0.15) is 29.9 Å². The largest absolute Gasteiger partial charge is 0.349 e. The van der Waals surface area contributed by atoms with Crippen molar-refractivity contribution in [2.75, 3.05) is 0 Å². The summed E-state index contributed by atoms with van der Waals surface area (Å²) in [5.41, 5.74) is 0.853. The van der Waals surface area contributed by atoms with Crippen LogP contribution in [0.15, 0.2) is 30.3 Å². The van der Waals surface area contributed by atoms with E-state index in [0.717, 1.165) is 27.4 Å². The molecule has 0 aliphatic rings. The predicted molar refractivity (Wildman–Crippen MR) is 89.4 cm³/mol. The molecule has 0 radical (unpaired) electrons. The van der Waals surface area contributed by atoms with Crippen LogP contribution in [-0.4, -0.2) is 16.9 Å². The Morgan fingerprint density at radius 3 is 2.90 bits per heavy atom. The summed E-state index contributed by atoms with van der Waals surface area (Å²) >= 11 is 7.72. The third-order valence-corrected chi connectivity index (χ3v) is 4.99. The van der Waals surface area contributed by atoms with Crippen molar-refractivity contribution in [1.82, 2.24) is 10.3 Å². The fourth-order valence-electron chi connectivity index (χ4n) is 2.18. The molecule has 2 heterocycles. The molecule has 0 saturated carbocycles. The van der Waals surface area contributed by atoms with Crippen LogP contribution >= 0.6 is 22.9 Å². The Hall–Kier alpha value is -1.65. The first-order chi connectivity index (χ1) is 10.1. The number of amides is 1. The average molecular weight is 319 g/mol. The molecule has 3 nitrogen and oxygen atoms in total. The van der Waals surface area contributed by atoms with E-state index in [9.17, 15) is 4.79 Å². The number of carbonyl (C=O) groups is 1. The van der Waals surface area contributed by atoms with Crippen LogP contribution in [0.3, 0.4) is 0 Å². The van der Waals surface area contributed by atoms with Gasteiger partial charge in [-0.1, -0.05) is 36.7 Å². The minimum Gasteiger partial charge on any atom is -0.349 e. The van der Waals surface area contributed by atoms with E-state index >= 15 is 0 Å². The lowest BCUT2D eigenvalue weighted by Gasteiger charge is -2.09. The van der Waals surface area contributed by atoms with Gasteiger partial charge in [0.05, 0.1) is 10.4 Å². The van der Waals surface area contributed by atoms with Crippen LogP contribution in [0, 0.1) is 0 Å². The third kappa shape index (κ3) is 2.61. The summed E-state index contributed by atoms with van der Waals surface area (Å²) in [5.74, 6) is -0.0503. The number of carbonyl (C=O) groups excluding carboxylic acids is 1. The number of fused-ring (bicyclic) bond motifs is 3. The second-order valence-electron chi connectivity index (χ2n) is 5.06. The summed E-state index contributed by atoms with van der Waals surface area (Å²) in [6.45, 7) is 4.04. The van der Waals surface area contributed by atoms with Crippen molar-refractivity contribution >= 4 is 49.8 Å². The molecule has 0 aliphatic heterocycles. The van der Waals surface area contributed by atoms with Crippen molar-refractivity contribution in [3.05, 3.63) is 40.4 Å². The Morgan fingerprint density at radius 2 is 2.14 bits per heavy atom. The first kappa shape index (κ1) is 14.3. The zero-order valence-electron chi connectivity index (χ0n) is 11.8. The number of halogens is 1. The molecule has 3 aromatic rings. The van der Waals surface area contributed by atoms with Gasteiger partial charge in [-0.05, 0) is 25.5 Å². The quantitative estimate of drug-likeness (QED) is 0.715. The zero-order chi connectivity index (χ0) is 15.0. The second-order valence-corrected chi connectivity index (χ2v) is 6.47. The summed E-state index contributed by atoms with van der Waals surface area (Å²) in [4.78, 5) is 17.3. The molecule has 0 spiro atoms. The van der Waals surface area contributed by atoms with Crippen molar-refractivity contribution in [3.8, 4) is 0 Å². The molecule has 0 saturated heterocycles. The maximum atomic E-state index is 12.3. The summed E-state index contributed by atoms with van der Waals surface area (Å²) < 4.78 is 1.01. The highest BCUT2D eigenvalue weighted by Crippen LogP contribution is 2.35. The Labute approximate surface area is 131 Å². The van der Waals surface area contributed by atoms with Gasteiger partial charge in [-0.3, -0.25) is 4.79 Å². The predicted octanol–water partition coefficient (Wildman–Crippen LogP) is 4.63. The van der Waals surface area contributed by atoms with Crippen molar-refractivity contribution in [2.45, 2.75) is 26.3 Å². The number of hydrogen-bond acceptors (Lipinski definition) is 3. The number of rotatable bonds is 3. The molecule has 21 heavy (non-hydrogen) atoms. The molecule has 1 N–H and O–H groups in total. The number of pyridine rings is 1. The summed E-state index contributed by atoms with van der Waals surface area (Å²) in [5, 5.41) is 5.30. The molecule has 108 valence electrons. The normalized spacial score (nSPS) is 12.7. The molecule has 0 bridgehead atoms. The fourth-order valence-corrected chi connectivity index (χ4v) is 3.57. The number of thiophene rings is 1. The van der Waals surface area contributed by atoms with E-state index < -0.39 is 0 Å². The highest BCUT2D eigenvalue weighted by Gasteiger charge is 2.16. The van der Waals surface area contributed by atoms with Gasteiger partial charge in [0.15, 0.2) is 0 Å². The molecule has 2 aromatic heterocycles. The number of aromatic nitrogens is 1. The van der Waals surface area contributed by atoms with Crippen LogP contribution in [0.25, 0.3) is 21.0 Å².